The Morgan fingerprint density at radius 3 is 2.71 bits per heavy atom. The maximum Gasteiger partial charge on any atom is 0.340 e. The van der Waals surface area contributed by atoms with Crippen molar-refractivity contribution < 1.29 is 18.7 Å². The number of methoxy groups -OCH3 is 1. The molecule has 0 saturated heterocycles. The summed E-state index contributed by atoms with van der Waals surface area (Å²) in [4.78, 5) is 27.5. The average molecular weight is 309 g/mol. The second-order valence-electron chi connectivity index (χ2n) is 3.98. The lowest BCUT2D eigenvalue weighted by atomic mass is 10.1. The van der Waals surface area contributed by atoms with Crippen molar-refractivity contribution in [3.63, 3.8) is 0 Å². The van der Waals surface area contributed by atoms with E-state index in [1.165, 1.54) is 18.2 Å². The van der Waals surface area contributed by atoms with Crippen LogP contribution in [0, 0.1) is 5.82 Å². The fourth-order valence-corrected chi connectivity index (χ4v) is 1.79. The third-order valence-corrected chi connectivity index (χ3v) is 2.79. The lowest BCUT2D eigenvalue weighted by Crippen LogP contribution is -2.16. The summed E-state index contributed by atoms with van der Waals surface area (Å²) in [6.07, 6.45) is 0. The lowest BCUT2D eigenvalue weighted by molar-refractivity contribution is 0.0601. The van der Waals surface area contributed by atoms with Gasteiger partial charge in [-0.05, 0) is 30.3 Å². The van der Waals surface area contributed by atoms with E-state index in [2.05, 4.69) is 15.0 Å². The summed E-state index contributed by atoms with van der Waals surface area (Å²) in [5.41, 5.74) is 0.102. The number of aromatic nitrogens is 1. The minimum atomic E-state index is -0.760. The third kappa shape index (κ3) is 3.55. The van der Waals surface area contributed by atoms with Crippen molar-refractivity contribution in [2.24, 2.45) is 0 Å². The lowest BCUT2D eigenvalue weighted by Gasteiger charge is -2.09. The molecule has 0 atom stereocenters. The molecule has 21 heavy (non-hydrogen) atoms. The molecule has 108 valence electrons. The number of hydrogen-bond donors (Lipinski definition) is 1. The number of amides is 1. The summed E-state index contributed by atoms with van der Waals surface area (Å²) >= 11 is 5.70. The molecule has 0 aliphatic carbocycles. The van der Waals surface area contributed by atoms with Crippen LogP contribution in [0.3, 0.4) is 0 Å². The molecule has 0 spiro atoms. The SMILES string of the molecule is COC(=O)c1cc(F)ccc1NC(=O)c1cccc(Cl)n1. The van der Waals surface area contributed by atoms with Crippen molar-refractivity contribution >= 4 is 29.2 Å². The molecule has 1 amide bonds. The molecule has 0 radical (unpaired) electrons. The van der Waals surface area contributed by atoms with Crippen LogP contribution in [-0.4, -0.2) is 24.0 Å². The highest BCUT2D eigenvalue weighted by Crippen LogP contribution is 2.19. The van der Waals surface area contributed by atoms with Gasteiger partial charge in [-0.1, -0.05) is 17.7 Å². The van der Waals surface area contributed by atoms with Gasteiger partial charge < -0.3 is 10.1 Å². The van der Waals surface area contributed by atoms with E-state index in [0.29, 0.717) is 0 Å². The van der Waals surface area contributed by atoms with Gasteiger partial charge in [0.05, 0.1) is 18.4 Å². The molecule has 5 nitrogen and oxygen atoms in total. The highest BCUT2D eigenvalue weighted by Gasteiger charge is 2.16. The number of nitrogens with zero attached hydrogens (tertiary/aromatic N) is 1. The minimum Gasteiger partial charge on any atom is -0.465 e. The Balaban J connectivity index is 2.31. The number of benzene rings is 1. The maximum atomic E-state index is 13.2. The molecule has 0 aliphatic rings. The zero-order valence-electron chi connectivity index (χ0n) is 10.9. The number of esters is 1. The van der Waals surface area contributed by atoms with Crippen LogP contribution in [0.25, 0.3) is 0 Å². The Kier molecular flexibility index (Phi) is 4.49. The van der Waals surface area contributed by atoms with Gasteiger partial charge in [0.2, 0.25) is 0 Å². The van der Waals surface area contributed by atoms with E-state index in [4.69, 9.17) is 11.6 Å². The smallest absolute Gasteiger partial charge is 0.340 e. The van der Waals surface area contributed by atoms with Crippen molar-refractivity contribution in [3.05, 3.63) is 58.6 Å². The largest absolute Gasteiger partial charge is 0.465 e. The molecule has 0 unspecified atom stereocenters. The number of pyridine rings is 1. The minimum absolute atomic E-state index is 0.0719. The predicted molar refractivity (Wildman–Crippen MR) is 74.9 cm³/mol. The van der Waals surface area contributed by atoms with Crippen LogP contribution >= 0.6 is 11.6 Å². The fraction of sp³-hybridized carbons (Fsp3) is 0.0714. The zero-order chi connectivity index (χ0) is 15.4. The first-order valence-electron chi connectivity index (χ1n) is 5.83. The molecule has 0 saturated carbocycles. The van der Waals surface area contributed by atoms with Gasteiger partial charge in [0, 0.05) is 0 Å². The standard InChI is InChI=1S/C14H10ClFN2O3/c1-21-14(20)9-7-8(16)5-6-10(9)18-13(19)11-3-2-4-12(15)17-11/h2-7H,1H3,(H,18,19). The average Bonchev–Trinajstić information content (AvgIpc) is 2.48. The number of rotatable bonds is 3. The zero-order valence-corrected chi connectivity index (χ0v) is 11.6. The highest BCUT2D eigenvalue weighted by atomic mass is 35.5. The van der Waals surface area contributed by atoms with Gasteiger partial charge in [0.25, 0.3) is 5.91 Å². The Bertz CT molecular complexity index is 706. The summed E-state index contributed by atoms with van der Waals surface area (Å²) in [6.45, 7) is 0. The number of hydrogen-bond acceptors (Lipinski definition) is 4. The molecular weight excluding hydrogens is 299 g/mol. The molecule has 1 aromatic carbocycles. The van der Waals surface area contributed by atoms with Gasteiger partial charge in [-0.25, -0.2) is 14.2 Å². The first-order chi connectivity index (χ1) is 10.0. The van der Waals surface area contributed by atoms with Crippen molar-refractivity contribution in [1.82, 2.24) is 4.98 Å². The van der Waals surface area contributed by atoms with Gasteiger partial charge in [-0.3, -0.25) is 4.79 Å². The summed E-state index contributed by atoms with van der Waals surface area (Å²) in [7, 11) is 1.16. The van der Waals surface area contributed by atoms with Crippen molar-refractivity contribution in [3.8, 4) is 0 Å². The van der Waals surface area contributed by atoms with E-state index in [1.807, 2.05) is 0 Å². The monoisotopic (exact) mass is 308 g/mol. The molecule has 2 rings (SSSR count). The summed E-state index contributed by atoms with van der Waals surface area (Å²) in [6, 6.07) is 7.92. The van der Waals surface area contributed by atoms with Crippen LogP contribution in [0.4, 0.5) is 10.1 Å². The Labute approximate surface area is 124 Å². The fourth-order valence-electron chi connectivity index (χ4n) is 1.63. The third-order valence-electron chi connectivity index (χ3n) is 2.58. The number of nitrogens with one attached hydrogen (secondary N) is 1. The topological polar surface area (TPSA) is 68.3 Å². The first kappa shape index (κ1) is 14.9. The number of carbonyl (C=O) groups excluding carboxylic acids is 2. The van der Waals surface area contributed by atoms with Crippen LogP contribution in [-0.2, 0) is 4.74 Å². The Hall–Kier alpha value is -2.47. The molecule has 0 fully saturated rings. The first-order valence-corrected chi connectivity index (χ1v) is 6.21. The molecule has 7 heteroatoms. The Morgan fingerprint density at radius 2 is 2.05 bits per heavy atom. The van der Waals surface area contributed by atoms with Gasteiger partial charge in [-0.2, -0.15) is 0 Å². The van der Waals surface area contributed by atoms with E-state index >= 15 is 0 Å². The predicted octanol–water partition coefficient (Wildman–Crippen LogP) is 2.91. The molecule has 0 aliphatic heterocycles. The number of ether oxygens (including phenoxy) is 1. The van der Waals surface area contributed by atoms with E-state index < -0.39 is 17.7 Å². The van der Waals surface area contributed by atoms with Crippen molar-refractivity contribution in [2.75, 3.05) is 12.4 Å². The molecule has 1 aromatic heterocycles. The van der Waals surface area contributed by atoms with Crippen molar-refractivity contribution in [1.29, 1.82) is 0 Å². The molecule has 0 bridgehead atoms. The molecule has 2 aromatic rings. The van der Waals surface area contributed by atoms with Gasteiger partial charge in [0.15, 0.2) is 0 Å². The van der Waals surface area contributed by atoms with Crippen LogP contribution in [0.1, 0.15) is 20.8 Å². The van der Waals surface area contributed by atoms with E-state index in [9.17, 15) is 14.0 Å². The van der Waals surface area contributed by atoms with Gasteiger partial charge >= 0.3 is 5.97 Å². The number of halogens is 2. The normalized spacial score (nSPS) is 10.0. The number of carbonyl (C=O) groups is 2. The summed E-state index contributed by atoms with van der Waals surface area (Å²) < 4.78 is 17.8. The summed E-state index contributed by atoms with van der Waals surface area (Å²) in [5, 5.41) is 2.63. The highest BCUT2D eigenvalue weighted by molar-refractivity contribution is 6.29. The Morgan fingerprint density at radius 1 is 1.29 bits per heavy atom. The van der Waals surface area contributed by atoms with Gasteiger partial charge in [0.1, 0.15) is 16.7 Å². The van der Waals surface area contributed by atoms with Crippen molar-refractivity contribution in [2.45, 2.75) is 0 Å². The van der Waals surface area contributed by atoms with Crippen LogP contribution in [0.5, 0.6) is 0 Å². The molecular formula is C14H10ClFN2O3. The van der Waals surface area contributed by atoms with Crippen LogP contribution < -0.4 is 5.32 Å². The second-order valence-corrected chi connectivity index (χ2v) is 4.37. The van der Waals surface area contributed by atoms with Crippen LogP contribution in [0.15, 0.2) is 36.4 Å². The second kappa shape index (κ2) is 6.32. The molecule has 1 N–H and O–H groups in total. The molecule has 1 heterocycles. The summed E-state index contributed by atoms with van der Waals surface area (Å²) in [5.74, 6) is -1.95. The van der Waals surface area contributed by atoms with E-state index in [-0.39, 0.29) is 22.1 Å². The van der Waals surface area contributed by atoms with E-state index in [0.717, 1.165) is 19.2 Å². The maximum absolute atomic E-state index is 13.2. The van der Waals surface area contributed by atoms with Crippen LogP contribution in [0.2, 0.25) is 5.15 Å². The van der Waals surface area contributed by atoms with E-state index in [1.54, 1.807) is 6.07 Å². The quantitative estimate of drug-likeness (QED) is 0.699. The number of anilines is 1. The van der Waals surface area contributed by atoms with Gasteiger partial charge in [-0.15, -0.1) is 0 Å².